The summed E-state index contributed by atoms with van der Waals surface area (Å²) < 4.78 is 24.6. The van der Waals surface area contributed by atoms with Crippen LogP contribution in [0.4, 0.5) is 0 Å². The van der Waals surface area contributed by atoms with E-state index in [0.717, 1.165) is 87.9 Å². The van der Waals surface area contributed by atoms with Gasteiger partial charge in [0, 0.05) is 13.2 Å². The first-order valence-electron chi connectivity index (χ1n) is 18.8. The maximum absolute atomic E-state index is 9.92. The Labute approximate surface area is 270 Å². The lowest BCUT2D eigenvalue weighted by molar-refractivity contribution is -0.178. The van der Waals surface area contributed by atoms with E-state index in [9.17, 15) is 10.2 Å². The molecular formula is C38H70O6. The highest BCUT2D eigenvalue weighted by Crippen LogP contribution is 2.50. The van der Waals surface area contributed by atoms with E-state index in [-0.39, 0.29) is 24.8 Å². The van der Waals surface area contributed by atoms with Crippen LogP contribution >= 0.6 is 0 Å². The Kier molecular flexibility index (Phi) is 14.3. The van der Waals surface area contributed by atoms with Gasteiger partial charge in [-0.05, 0) is 164 Å². The molecule has 0 aromatic rings. The van der Waals surface area contributed by atoms with E-state index in [1.54, 1.807) is 0 Å². The minimum absolute atomic E-state index is 0.0693. The third-order valence-electron chi connectivity index (χ3n) is 13.0. The third kappa shape index (κ3) is 10.6. The normalized spacial score (nSPS) is 35.7. The van der Waals surface area contributed by atoms with E-state index in [1.165, 1.54) is 51.4 Å². The van der Waals surface area contributed by atoms with Crippen molar-refractivity contribution in [3.63, 3.8) is 0 Å². The first-order chi connectivity index (χ1) is 20.9. The second-order valence-electron chi connectivity index (χ2n) is 16.5. The third-order valence-corrected chi connectivity index (χ3v) is 13.0. The van der Waals surface area contributed by atoms with E-state index in [0.29, 0.717) is 36.3 Å². The number of aliphatic hydroxyl groups excluding tert-OH is 2. The Morgan fingerprint density at radius 1 is 0.477 bits per heavy atom. The van der Waals surface area contributed by atoms with Crippen molar-refractivity contribution in [2.24, 2.45) is 34.5 Å². The average molecular weight is 623 g/mol. The lowest BCUT2D eigenvalue weighted by Gasteiger charge is -2.46. The van der Waals surface area contributed by atoms with E-state index < -0.39 is 0 Å². The molecule has 0 spiro atoms. The Morgan fingerprint density at radius 2 is 0.750 bits per heavy atom. The molecule has 2 unspecified atom stereocenters. The predicted molar refractivity (Wildman–Crippen MR) is 177 cm³/mol. The molecule has 2 atom stereocenters. The largest absolute Gasteiger partial charge is 0.393 e. The highest BCUT2D eigenvalue weighted by Gasteiger charge is 2.42. The van der Waals surface area contributed by atoms with Gasteiger partial charge < -0.3 is 29.2 Å². The first-order valence-corrected chi connectivity index (χ1v) is 18.8. The Morgan fingerprint density at radius 3 is 1.05 bits per heavy atom. The van der Waals surface area contributed by atoms with Gasteiger partial charge in [0.05, 0.1) is 24.4 Å². The fourth-order valence-electron chi connectivity index (χ4n) is 9.52. The van der Waals surface area contributed by atoms with Gasteiger partial charge in [-0.25, -0.2) is 0 Å². The molecule has 258 valence electrons. The molecule has 0 aromatic heterocycles. The molecule has 0 radical (unpaired) electrons. The van der Waals surface area contributed by atoms with Crippen molar-refractivity contribution in [3.8, 4) is 0 Å². The fraction of sp³-hybridized carbons (Fsp3) is 1.00. The van der Waals surface area contributed by atoms with Crippen molar-refractivity contribution in [3.05, 3.63) is 0 Å². The maximum Gasteiger partial charge on any atom is 0.155 e. The number of hydrogen-bond acceptors (Lipinski definition) is 6. The average Bonchev–Trinajstić information content (AvgIpc) is 3.00. The van der Waals surface area contributed by atoms with Crippen LogP contribution in [0, 0.1) is 34.5 Å². The summed E-state index contributed by atoms with van der Waals surface area (Å²) in [6.45, 7) is 15.4. The topological polar surface area (TPSA) is 77.4 Å². The molecule has 4 aliphatic rings. The fourth-order valence-corrected chi connectivity index (χ4v) is 9.52. The van der Waals surface area contributed by atoms with Gasteiger partial charge in [0.1, 0.15) is 0 Å². The van der Waals surface area contributed by atoms with Crippen molar-refractivity contribution in [1.29, 1.82) is 0 Å². The minimum Gasteiger partial charge on any atom is -0.393 e. The summed E-state index contributed by atoms with van der Waals surface area (Å²) >= 11 is 0. The molecule has 44 heavy (non-hydrogen) atoms. The van der Waals surface area contributed by atoms with Gasteiger partial charge in [0.25, 0.3) is 0 Å². The van der Waals surface area contributed by atoms with Crippen LogP contribution < -0.4 is 0 Å². The molecule has 0 aromatic carbocycles. The molecule has 4 aliphatic carbocycles. The van der Waals surface area contributed by atoms with Gasteiger partial charge in [0.2, 0.25) is 0 Å². The van der Waals surface area contributed by atoms with Gasteiger partial charge in [0.15, 0.2) is 12.6 Å². The van der Waals surface area contributed by atoms with E-state index >= 15 is 0 Å². The monoisotopic (exact) mass is 623 g/mol. The summed E-state index contributed by atoms with van der Waals surface area (Å²) in [7, 11) is 0. The zero-order valence-corrected chi connectivity index (χ0v) is 29.4. The Balaban J connectivity index is 1.00. The second kappa shape index (κ2) is 17.2. The molecule has 6 heteroatoms. The molecule has 0 bridgehead atoms. The lowest BCUT2D eigenvalue weighted by Crippen LogP contribution is -2.39. The molecule has 0 saturated heterocycles. The lowest BCUT2D eigenvalue weighted by atomic mass is 9.60. The summed E-state index contributed by atoms with van der Waals surface area (Å²) in [5.41, 5.74) is 0.713. The van der Waals surface area contributed by atoms with Crippen LogP contribution in [-0.4, -0.2) is 60.4 Å². The molecule has 4 rings (SSSR count). The summed E-state index contributed by atoms with van der Waals surface area (Å²) in [4.78, 5) is 0. The highest BCUT2D eigenvalue weighted by molar-refractivity contribution is 4.92. The van der Waals surface area contributed by atoms with E-state index in [2.05, 4.69) is 27.7 Å². The number of ether oxygens (including phenoxy) is 4. The molecular weight excluding hydrogens is 552 g/mol. The molecule has 2 N–H and O–H groups in total. The number of unbranched alkanes of at least 4 members (excludes halogenated alkanes) is 1. The van der Waals surface area contributed by atoms with Crippen LogP contribution in [0.25, 0.3) is 0 Å². The SMILES string of the molecule is CC(OCCCCOC(C)OC1CCC(C(C)(C)C2CCC(O)CC2)CC1)OC1CCC(C(C)(C)C2CCC(O)CC2)CC1. The second-order valence-corrected chi connectivity index (χ2v) is 16.5. The van der Waals surface area contributed by atoms with Crippen molar-refractivity contribution >= 4 is 0 Å². The highest BCUT2D eigenvalue weighted by atomic mass is 16.7. The summed E-state index contributed by atoms with van der Waals surface area (Å²) in [5, 5.41) is 19.8. The van der Waals surface area contributed by atoms with Gasteiger partial charge >= 0.3 is 0 Å². The van der Waals surface area contributed by atoms with Crippen molar-refractivity contribution < 1.29 is 29.2 Å². The minimum atomic E-state index is -0.155. The summed E-state index contributed by atoms with van der Waals surface area (Å²) in [6, 6.07) is 0. The quantitative estimate of drug-likeness (QED) is 0.140. The maximum atomic E-state index is 9.92. The Hall–Kier alpha value is -0.240. The van der Waals surface area contributed by atoms with Crippen LogP contribution in [-0.2, 0) is 18.9 Å². The number of rotatable bonds is 15. The smallest absolute Gasteiger partial charge is 0.155 e. The molecule has 4 saturated carbocycles. The van der Waals surface area contributed by atoms with Gasteiger partial charge in [-0.3, -0.25) is 0 Å². The van der Waals surface area contributed by atoms with Crippen molar-refractivity contribution in [2.75, 3.05) is 13.2 Å². The van der Waals surface area contributed by atoms with Crippen molar-refractivity contribution in [2.45, 2.75) is 194 Å². The summed E-state index contributed by atoms with van der Waals surface area (Å²) in [6.07, 6.45) is 20.3. The van der Waals surface area contributed by atoms with Crippen LogP contribution in [0.1, 0.15) is 157 Å². The van der Waals surface area contributed by atoms with Crippen LogP contribution in [0.2, 0.25) is 0 Å². The first kappa shape index (κ1) is 36.6. The number of aliphatic hydroxyl groups is 2. The van der Waals surface area contributed by atoms with Gasteiger partial charge in [-0.15, -0.1) is 0 Å². The molecule has 0 aliphatic heterocycles. The summed E-state index contributed by atoms with van der Waals surface area (Å²) in [5.74, 6) is 3.01. The predicted octanol–water partition coefficient (Wildman–Crippen LogP) is 8.80. The van der Waals surface area contributed by atoms with E-state index in [4.69, 9.17) is 18.9 Å². The van der Waals surface area contributed by atoms with Crippen LogP contribution in [0.3, 0.4) is 0 Å². The Bertz CT molecular complexity index is 717. The molecule has 4 fully saturated rings. The van der Waals surface area contributed by atoms with Crippen LogP contribution in [0.5, 0.6) is 0 Å². The zero-order chi connectivity index (χ0) is 31.7. The molecule has 0 heterocycles. The zero-order valence-electron chi connectivity index (χ0n) is 29.4. The van der Waals surface area contributed by atoms with Crippen molar-refractivity contribution in [1.82, 2.24) is 0 Å². The standard InChI is InChI=1S/C38H70O6/c1-27(43-35-21-13-31(14-22-35)37(3,4)29-9-17-33(39)18-10-29)41-25-7-8-26-42-28(2)44-36-23-15-32(16-24-36)38(5,6)30-11-19-34(40)20-12-30/h27-36,39-40H,7-26H2,1-6H3. The van der Waals surface area contributed by atoms with E-state index in [1.807, 2.05) is 13.8 Å². The molecule has 6 nitrogen and oxygen atoms in total. The van der Waals surface area contributed by atoms with Gasteiger partial charge in [-0.1, -0.05) is 27.7 Å². The van der Waals surface area contributed by atoms with Gasteiger partial charge in [-0.2, -0.15) is 0 Å². The molecule has 0 amide bonds. The van der Waals surface area contributed by atoms with Crippen LogP contribution in [0.15, 0.2) is 0 Å². The number of hydrogen-bond donors (Lipinski definition) is 2.